The van der Waals surface area contributed by atoms with Gasteiger partial charge < -0.3 is 5.73 Å². The quantitative estimate of drug-likeness (QED) is 0.347. The van der Waals surface area contributed by atoms with Crippen molar-refractivity contribution in [3.05, 3.63) is 0 Å². The van der Waals surface area contributed by atoms with Crippen molar-refractivity contribution in [1.82, 2.24) is 0 Å². The number of nitrogens with two attached hydrogens (primary N) is 1. The van der Waals surface area contributed by atoms with E-state index < -0.39 is 0 Å². The Bertz CT molecular complexity index is 230. The van der Waals surface area contributed by atoms with Gasteiger partial charge in [0.05, 0.1) is 13.1 Å². The molecule has 0 amide bonds. The normalized spacial score (nSPS) is 11.2. The largest absolute Gasteiger partial charge is 0.330 e. The standard InChI is InChI=1S/C9H15N3O2/c10-6-9(3-5-12-8-14)2-1-4-11-7-13/h9H,1-6,10H2. The molecule has 0 aromatic heterocycles. The molecule has 0 aliphatic heterocycles. The van der Waals surface area contributed by atoms with E-state index in [-0.39, 0.29) is 0 Å². The van der Waals surface area contributed by atoms with Crippen molar-refractivity contribution in [2.24, 2.45) is 21.6 Å². The van der Waals surface area contributed by atoms with E-state index in [4.69, 9.17) is 5.73 Å². The van der Waals surface area contributed by atoms with Crippen molar-refractivity contribution in [3.63, 3.8) is 0 Å². The molecule has 0 fully saturated rings. The van der Waals surface area contributed by atoms with E-state index >= 15 is 0 Å². The highest BCUT2D eigenvalue weighted by molar-refractivity contribution is 5.32. The van der Waals surface area contributed by atoms with Gasteiger partial charge in [-0.25, -0.2) is 19.6 Å². The number of nitrogens with zero attached hydrogens (tertiary/aromatic N) is 2. The maximum Gasteiger partial charge on any atom is 0.234 e. The third-order valence-corrected chi connectivity index (χ3v) is 1.99. The summed E-state index contributed by atoms with van der Waals surface area (Å²) in [6.07, 6.45) is 5.48. The zero-order valence-corrected chi connectivity index (χ0v) is 8.11. The summed E-state index contributed by atoms with van der Waals surface area (Å²) in [6, 6.07) is 0. The molecule has 0 saturated heterocycles. The highest BCUT2D eigenvalue weighted by Crippen LogP contribution is 2.09. The molecule has 5 heteroatoms. The van der Waals surface area contributed by atoms with Gasteiger partial charge in [-0.05, 0) is 31.7 Å². The van der Waals surface area contributed by atoms with Gasteiger partial charge in [0.1, 0.15) is 0 Å². The van der Waals surface area contributed by atoms with Gasteiger partial charge in [-0.3, -0.25) is 0 Å². The Morgan fingerprint density at radius 3 is 2.29 bits per heavy atom. The van der Waals surface area contributed by atoms with Crippen molar-refractivity contribution < 1.29 is 9.59 Å². The highest BCUT2D eigenvalue weighted by atomic mass is 16.1. The molecule has 1 unspecified atom stereocenters. The average Bonchev–Trinajstić information content (AvgIpc) is 2.22. The second-order valence-electron chi connectivity index (χ2n) is 2.98. The zero-order valence-electron chi connectivity index (χ0n) is 8.11. The number of hydrogen-bond donors (Lipinski definition) is 1. The lowest BCUT2D eigenvalue weighted by molar-refractivity contribution is 0.454. The highest BCUT2D eigenvalue weighted by Gasteiger charge is 2.05. The number of aliphatic imine (C=N–C) groups is 2. The Kier molecular flexibility index (Phi) is 8.91. The number of hydrogen-bond acceptors (Lipinski definition) is 5. The van der Waals surface area contributed by atoms with Crippen LogP contribution in [0, 0.1) is 5.92 Å². The SMILES string of the molecule is NCC(CCCN=C=O)CCN=C=O. The van der Waals surface area contributed by atoms with Crippen molar-refractivity contribution in [2.75, 3.05) is 19.6 Å². The maximum absolute atomic E-state index is 9.79. The first-order valence-corrected chi connectivity index (χ1v) is 4.62. The average molecular weight is 197 g/mol. The summed E-state index contributed by atoms with van der Waals surface area (Å²) in [4.78, 5) is 26.4. The lowest BCUT2D eigenvalue weighted by atomic mass is 10.00. The summed E-state index contributed by atoms with van der Waals surface area (Å²) in [5.74, 6) is 0.342. The predicted molar refractivity (Wildman–Crippen MR) is 52.4 cm³/mol. The summed E-state index contributed by atoms with van der Waals surface area (Å²) in [7, 11) is 0. The van der Waals surface area contributed by atoms with E-state index in [1.54, 1.807) is 0 Å². The molecule has 0 saturated carbocycles. The van der Waals surface area contributed by atoms with Crippen LogP contribution < -0.4 is 5.73 Å². The molecule has 78 valence electrons. The molecule has 0 aromatic rings. The monoisotopic (exact) mass is 197 g/mol. The van der Waals surface area contributed by atoms with Gasteiger partial charge in [-0.1, -0.05) is 0 Å². The van der Waals surface area contributed by atoms with Crippen molar-refractivity contribution >= 4 is 12.2 Å². The summed E-state index contributed by atoms with van der Waals surface area (Å²) >= 11 is 0. The Balaban J connectivity index is 3.56. The summed E-state index contributed by atoms with van der Waals surface area (Å²) in [5.41, 5.74) is 5.52. The van der Waals surface area contributed by atoms with Crippen LogP contribution in [-0.2, 0) is 9.59 Å². The van der Waals surface area contributed by atoms with E-state index in [2.05, 4.69) is 9.98 Å². The Morgan fingerprint density at radius 2 is 1.71 bits per heavy atom. The van der Waals surface area contributed by atoms with Crippen LogP contribution in [0.25, 0.3) is 0 Å². The smallest absolute Gasteiger partial charge is 0.234 e. The molecule has 0 rings (SSSR count). The van der Waals surface area contributed by atoms with Gasteiger partial charge in [0.25, 0.3) is 0 Å². The fourth-order valence-electron chi connectivity index (χ4n) is 1.18. The molecule has 0 aromatic carbocycles. The lowest BCUT2D eigenvalue weighted by Crippen LogP contribution is -2.15. The van der Waals surface area contributed by atoms with Crippen LogP contribution in [0.15, 0.2) is 9.98 Å². The van der Waals surface area contributed by atoms with Crippen LogP contribution >= 0.6 is 0 Å². The molecule has 1 atom stereocenters. The molecule has 0 aliphatic rings. The van der Waals surface area contributed by atoms with E-state index in [1.165, 1.54) is 12.2 Å². The minimum absolute atomic E-state index is 0.342. The first-order chi connectivity index (χ1) is 6.85. The fraction of sp³-hybridized carbons (Fsp3) is 0.778. The molecule has 0 heterocycles. The third kappa shape index (κ3) is 7.37. The molecule has 0 spiro atoms. The van der Waals surface area contributed by atoms with E-state index in [9.17, 15) is 9.59 Å². The van der Waals surface area contributed by atoms with Gasteiger partial charge in [-0.2, -0.15) is 0 Å². The van der Waals surface area contributed by atoms with Crippen LogP contribution in [0.1, 0.15) is 19.3 Å². The molecular weight excluding hydrogens is 182 g/mol. The topological polar surface area (TPSA) is 84.9 Å². The second-order valence-corrected chi connectivity index (χ2v) is 2.98. The molecule has 0 aliphatic carbocycles. The first-order valence-electron chi connectivity index (χ1n) is 4.62. The summed E-state index contributed by atoms with van der Waals surface area (Å²) < 4.78 is 0. The zero-order chi connectivity index (χ0) is 10.6. The maximum atomic E-state index is 9.79. The molecule has 14 heavy (non-hydrogen) atoms. The van der Waals surface area contributed by atoms with Crippen LogP contribution in [0.5, 0.6) is 0 Å². The Labute approximate surface area is 83.1 Å². The Hall–Kier alpha value is -1.28. The molecule has 0 radical (unpaired) electrons. The van der Waals surface area contributed by atoms with E-state index in [0.29, 0.717) is 25.6 Å². The number of carbonyl (C=O) groups excluding carboxylic acids is 2. The van der Waals surface area contributed by atoms with Gasteiger partial charge in [-0.15, -0.1) is 0 Å². The van der Waals surface area contributed by atoms with Crippen molar-refractivity contribution in [3.8, 4) is 0 Å². The molecule has 2 N–H and O–H groups in total. The molecular formula is C9H15N3O2. The van der Waals surface area contributed by atoms with E-state index in [0.717, 1.165) is 19.3 Å². The third-order valence-electron chi connectivity index (χ3n) is 1.99. The van der Waals surface area contributed by atoms with Gasteiger partial charge in [0, 0.05) is 0 Å². The van der Waals surface area contributed by atoms with Crippen LogP contribution in [-0.4, -0.2) is 31.8 Å². The Morgan fingerprint density at radius 1 is 1.07 bits per heavy atom. The van der Waals surface area contributed by atoms with Crippen LogP contribution in [0.2, 0.25) is 0 Å². The minimum Gasteiger partial charge on any atom is -0.330 e. The van der Waals surface area contributed by atoms with E-state index in [1.807, 2.05) is 0 Å². The lowest BCUT2D eigenvalue weighted by Gasteiger charge is -2.11. The minimum atomic E-state index is 0.342. The molecule has 5 nitrogen and oxygen atoms in total. The van der Waals surface area contributed by atoms with Gasteiger partial charge in [0.2, 0.25) is 12.2 Å². The van der Waals surface area contributed by atoms with Gasteiger partial charge in [0.15, 0.2) is 0 Å². The first kappa shape index (κ1) is 12.7. The second kappa shape index (κ2) is 9.81. The molecule has 0 bridgehead atoms. The van der Waals surface area contributed by atoms with Gasteiger partial charge >= 0.3 is 0 Å². The van der Waals surface area contributed by atoms with Crippen molar-refractivity contribution in [2.45, 2.75) is 19.3 Å². The predicted octanol–water partition coefficient (Wildman–Crippen LogP) is 0.403. The van der Waals surface area contributed by atoms with Crippen LogP contribution in [0.3, 0.4) is 0 Å². The number of rotatable bonds is 8. The fourth-order valence-corrected chi connectivity index (χ4v) is 1.18. The number of isocyanates is 2. The van der Waals surface area contributed by atoms with Crippen LogP contribution in [0.4, 0.5) is 0 Å². The van der Waals surface area contributed by atoms with Crippen molar-refractivity contribution in [1.29, 1.82) is 0 Å². The summed E-state index contributed by atoms with van der Waals surface area (Å²) in [6.45, 7) is 1.54. The summed E-state index contributed by atoms with van der Waals surface area (Å²) in [5, 5.41) is 0.